The summed E-state index contributed by atoms with van der Waals surface area (Å²) in [5.74, 6) is -0.230. The van der Waals surface area contributed by atoms with Crippen LogP contribution in [0.5, 0.6) is 5.75 Å². The van der Waals surface area contributed by atoms with Gasteiger partial charge in [0.2, 0.25) is 5.03 Å². The number of methoxy groups -OCH3 is 1. The minimum absolute atomic E-state index is 0.0743. The van der Waals surface area contributed by atoms with Gasteiger partial charge in [0, 0.05) is 6.07 Å². The Bertz CT molecular complexity index is 829. The molecular weight excluding hydrogens is 334 g/mol. The summed E-state index contributed by atoms with van der Waals surface area (Å²) in [4.78, 5) is 12.1. The first-order chi connectivity index (χ1) is 11.4. The first-order valence-electron chi connectivity index (χ1n) is 7.34. The van der Waals surface area contributed by atoms with Gasteiger partial charge in [-0.15, -0.1) is 0 Å². The molecule has 1 aromatic heterocycles. The Morgan fingerprint density at radius 2 is 2.08 bits per heavy atom. The summed E-state index contributed by atoms with van der Waals surface area (Å²) in [6.45, 7) is 3.56. The van der Waals surface area contributed by atoms with Crippen LogP contribution in [0.2, 0.25) is 0 Å². The molecule has 0 radical (unpaired) electrons. The first-order valence-corrected chi connectivity index (χ1v) is 8.82. The van der Waals surface area contributed by atoms with Crippen LogP contribution < -0.4 is 9.46 Å². The van der Waals surface area contributed by atoms with E-state index in [4.69, 9.17) is 9.47 Å². The molecule has 130 valence electrons. The van der Waals surface area contributed by atoms with Gasteiger partial charge in [-0.05, 0) is 25.5 Å². The number of nitrogens with zero attached hydrogens (tertiary/aromatic N) is 1. The highest BCUT2D eigenvalue weighted by atomic mass is 32.2. The van der Waals surface area contributed by atoms with Crippen molar-refractivity contribution in [3.05, 3.63) is 35.5 Å². The molecule has 2 rings (SSSR count). The highest BCUT2D eigenvalue weighted by molar-refractivity contribution is 7.92. The summed E-state index contributed by atoms with van der Waals surface area (Å²) in [7, 11) is -2.59. The summed E-state index contributed by atoms with van der Waals surface area (Å²) in [6, 6.07) is 6.42. The Morgan fingerprint density at radius 3 is 2.71 bits per heavy atom. The topological polar surface area (TPSA) is 110 Å². The standard InChI is InChI=1S/C15H19N3O5S/c1-4-12-13(15(19)23-5-2)14(17-16-12)24(20,21)18-10-7-6-8-11(9-10)22-3/h6-9,18H,4-5H2,1-3H3,(H,16,17). The van der Waals surface area contributed by atoms with Crippen LogP contribution in [0.25, 0.3) is 0 Å². The Kier molecular flexibility index (Phi) is 5.45. The molecule has 0 aliphatic carbocycles. The molecule has 0 aliphatic rings. The van der Waals surface area contributed by atoms with E-state index in [1.807, 2.05) is 0 Å². The monoisotopic (exact) mass is 353 g/mol. The number of aryl methyl sites for hydroxylation is 1. The third-order valence-electron chi connectivity index (χ3n) is 3.22. The van der Waals surface area contributed by atoms with Crippen molar-refractivity contribution in [1.29, 1.82) is 0 Å². The van der Waals surface area contributed by atoms with Gasteiger partial charge in [0.15, 0.2) is 0 Å². The number of benzene rings is 1. The fraction of sp³-hybridized carbons (Fsp3) is 0.333. The van der Waals surface area contributed by atoms with Crippen LogP contribution in [0, 0.1) is 0 Å². The number of aromatic amines is 1. The number of H-pyrrole nitrogens is 1. The lowest BCUT2D eigenvalue weighted by Crippen LogP contribution is -2.18. The van der Waals surface area contributed by atoms with Gasteiger partial charge in [0.1, 0.15) is 11.3 Å². The van der Waals surface area contributed by atoms with Crippen molar-refractivity contribution in [2.75, 3.05) is 18.4 Å². The molecule has 0 unspecified atom stereocenters. The van der Waals surface area contributed by atoms with Crippen LogP contribution in [-0.4, -0.2) is 38.3 Å². The minimum atomic E-state index is -4.07. The Balaban J connectivity index is 2.42. The molecule has 0 spiro atoms. The largest absolute Gasteiger partial charge is 0.497 e. The van der Waals surface area contributed by atoms with Crippen LogP contribution in [-0.2, 0) is 21.2 Å². The average molecular weight is 353 g/mol. The van der Waals surface area contributed by atoms with Gasteiger partial charge in [-0.3, -0.25) is 9.82 Å². The lowest BCUT2D eigenvalue weighted by Gasteiger charge is -2.09. The van der Waals surface area contributed by atoms with Crippen molar-refractivity contribution >= 4 is 21.7 Å². The van der Waals surface area contributed by atoms with Crippen LogP contribution in [0.3, 0.4) is 0 Å². The fourth-order valence-corrected chi connectivity index (χ4v) is 3.29. The van der Waals surface area contributed by atoms with Gasteiger partial charge < -0.3 is 9.47 Å². The van der Waals surface area contributed by atoms with Crippen LogP contribution in [0.15, 0.2) is 29.3 Å². The van der Waals surface area contributed by atoms with Gasteiger partial charge in [0.25, 0.3) is 10.0 Å². The molecule has 1 aromatic carbocycles. The van der Waals surface area contributed by atoms with E-state index in [2.05, 4.69) is 14.9 Å². The van der Waals surface area contributed by atoms with Crippen molar-refractivity contribution in [2.24, 2.45) is 0 Å². The second-order valence-electron chi connectivity index (χ2n) is 4.79. The molecule has 2 aromatic rings. The van der Waals surface area contributed by atoms with E-state index >= 15 is 0 Å². The number of rotatable bonds is 7. The highest BCUT2D eigenvalue weighted by Gasteiger charge is 2.30. The summed E-state index contributed by atoms with van der Waals surface area (Å²) in [6.07, 6.45) is 0.413. The van der Waals surface area contributed by atoms with Gasteiger partial charge >= 0.3 is 5.97 Å². The Labute approximate surface area is 140 Å². The zero-order valence-electron chi connectivity index (χ0n) is 13.6. The van der Waals surface area contributed by atoms with E-state index < -0.39 is 16.0 Å². The number of aromatic nitrogens is 2. The van der Waals surface area contributed by atoms with E-state index in [-0.39, 0.29) is 17.2 Å². The second kappa shape index (κ2) is 7.35. The fourth-order valence-electron chi connectivity index (χ4n) is 2.11. The second-order valence-corrected chi connectivity index (χ2v) is 6.39. The van der Waals surface area contributed by atoms with Crippen LogP contribution >= 0.6 is 0 Å². The molecule has 0 saturated heterocycles. The summed E-state index contributed by atoms with van der Waals surface area (Å²) in [5, 5.41) is 5.99. The Hall–Kier alpha value is -2.55. The normalized spacial score (nSPS) is 11.1. The van der Waals surface area contributed by atoms with Crippen molar-refractivity contribution in [1.82, 2.24) is 10.2 Å². The SMILES string of the molecule is CCOC(=O)c1c(S(=O)(=O)Nc2cccc(OC)c2)n[nH]c1CC. The predicted octanol–water partition coefficient (Wildman–Crippen LogP) is 1.96. The number of hydrogen-bond donors (Lipinski definition) is 2. The van der Waals surface area contributed by atoms with E-state index in [9.17, 15) is 13.2 Å². The van der Waals surface area contributed by atoms with Crippen LogP contribution in [0.1, 0.15) is 29.9 Å². The summed E-state index contributed by atoms with van der Waals surface area (Å²) >= 11 is 0. The van der Waals surface area contributed by atoms with Gasteiger partial charge in [-0.25, -0.2) is 4.79 Å². The van der Waals surface area contributed by atoms with Crippen molar-refractivity contribution in [2.45, 2.75) is 25.3 Å². The molecular formula is C15H19N3O5S. The van der Waals surface area contributed by atoms with E-state index in [1.165, 1.54) is 13.2 Å². The van der Waals surface area contributed by atoms with Gasteiger partial charge in [-0.1, -0.05) is 13.0 Å². The van der Waals surface area contributed by atoms with E-state index in [0.29, 0.717) is 23.6 Å². The number of ether oxygens (including phenoxy) is 2. The molecule has 0 aliphatic heterocycles. The first kappa shape index (κ1) is 17.8. The minimum Gasteiger partial charge on any atom is -0.497 e. The number of anilines is 1. The number of nitrogens with one attached hydrogen (secondary N) is 2. The number of sulfonamides is 1. The third-order valence-corrected chi connectivity index (χ3v) is 4.53. The van der Waals surface area contributed by atoms with Crippen molar-refractivity contribution in [3.8, 4) is 5.75 Å². The lowest BCUT2D eigenvalue weighted by molar-refractivity contribution is 0.0520. The molecule has 24 heavy (non-hydrogen) atoms. The predicted molar refractivity (Wildman–Crippen MR) is 87.7 cm³/mol. The number of carbonyl (C=O) groups excluding carboxylic acids is 1. The summed E-state index contributed by atoms with van der Waals surface area (Å²) in [5.41, 5.74) is 0.624. The third kappa shape index (κ3) is 3.67. The molecule has 0 fully saturated rings. The quantitative estimate of drug-likeness (QED) is 0.736. The smallest absolute Gasteiger partial charge is 0.343 e. The number of carbonyl (C=O) groups is 1. The van der Waals surface area contributed by atoms with Gasteiger partial charge in [0.05, 0.1) is 25.1 Å². The van der Waals surface area contributed by atoms with E-state index in [1.54, 1.807) is 32.0 Å². The molecule has 2 N–H and O–H groups in total. The molecule has 9 heteroatoms. The molecule has 0 bridgehead atoms. The zero-order chi connectivity index (χ0) is 17.7. The molecule has 0 amide bonds. The van der Waals surface area contributed by atoms with Crippen LogP contribution in [0.4, 0.5) is 5.69 Å². The van der Waals surface area contributed by atoms with Crippen molar-refractivity contribution < 1.29 is 22.7 Å². The maximum atomic E-state index is 12.6. The molecule has 8 nitrogen and oxygen atoms in total. The van der Waals surface area contributed by atoms with Gasteiger partial charge in [-0.2, -0.15) is 13.5 Å². The number of hydrogen-bond acceptors (Lipinski definition) is 6. The van der Waals surface area contributed by atoms with E-state index in [0.717, 1.165) is 0 Å². The maximum absolute atomic E-state index is 12.6. The lowest BCUT2D eigenvalue weighted by atomic mass is 10.2. The summed E-state index contributed by atoms with van der Waals surface area (Å²) < 4.78 is 37.6. The average Bonchev–Trinajstić information content (AvgIpc) is 3.00. The molecule has 1 heterocycles. The maximum Gasteiger partial charge on any atom is 0.343 e. The zero-order valence-corrected chi connectivity index (χ0v) is 14.4. The highest BCUT2D eigenvalue weighted by Crippen LogP contribution is 2.23. The Morgan fingerprint density at radius 1 is 1.33 bits per heavy atom. The van der Waals surface area contributed by atoms with Crippen molar-refractivity contribution in [3.63, 3.8) is 0 Å². The molecule has 0 saturated carbocycles. The number of esters is 1. The molecule has 0 atom stereocenters.